The van der Waals surface area contributed by atoms with E-state index in [-0.39, 0.29) is 63.3 Å². The van der Waals surface area contributed by atoms with Gasteiger partial charge in [0.2, 0.25) is 5.91 Å². The number of aliphatic carboxylic acids is 1. The number of fused-ring (bicyclic) bond motifs is 11. The molecule has 1 amide bonds. The van der Waals surface area contributed by atoms with Gasteiger partial charge in [-0.25, -0.2) is 9.97 Å². The maximum Gasteiger partial charge on any atom is 0.310 e. The minimum Gasteiger partial charge on any atom is -0.481 e. The summed E-state index contributed by atoms with van der Waals surface area (Å²) in [7, 11) is 0. The Balaban J connectivity index is 1.18. The maximum absolute atomic E-state index is 14.9. The Morgan fingerprint density at radius 3 is 2.35 bits per heavy atom. The third-order valence-corrected chi connectivity index (χ3v) is 23.4. The van der Waals surface area contributed by atoms with Gasteiger partial charge < -0.3 is 86.9 Å². The average molecular weight is 1080 g/mol. The third-order valence-electron chi connectivity index (χ3n) is 23.4. The number of anilines is 1. The molecule has 2 aromatic rings. The zero-order valence-corrected chi connectivity index (χ0v) is 45.4. The lowest BCUT2D eigenvalue weighted by atomic mass is 9.29. The number of aromatic amines is 2. The van der Waals surface area contributed by atoms with Crippen LogP contribution in [0.3, 0.4) is 0 Å². The summed E-state index contributed by atoms with van der Waals surface area (Å²) in [6, 6.07) is -0.727. The Hall–Kier alpha value is -3.58. The number of nitrogens with zero attached hydrogens (tertiary/aromatic N) is 2. The van der Waals surface area contributed by atoms with Crippen molar-refractivity contribution in [3.05, 3.63) is 41.9 Å². The number of carbonyl (C=O) groups excluding carboxylic acids is 1. The van der Waals surface area contributed by atoms with Crippen molar-refractivity contribution in [3.63, 3.8) is 0 Å². The van der Waals surface area contributed by atoms with Crippen molar-refractivity contribution in [1.82, 2.24) is 25.3 Å². The summed E-state index contributed by atoms with van der Waals surface area (Å²) in [6.07, 6.45) is 1.32. The molecule has 4 saturated carbocycles. The molecular formula is C56H87N7O14. The number of ether oxygens (including phenoxy) is 2. The van der Waals surface area contributed by atoms with Crippen LogP contribution in [-0.4, -0.2) is 172 Å². The number of rotatable bonds is 16. The largest absolute Gasteiger partial charge is 0.481 e. The van der Waals surface area contributed by atoms with Crippen LogP contribution in [-0.2, 0) is 25.5 Å². The van der Waals surface area contributed by atoms with Crippen molar-refractivity contribution in [2.75, 3.05) is 44.9 Å². The monoisotopic (exact) mass is 1080 g/mol. The van der Waals surface area contributed by atoms with E-state index < -0.39 is 142 Å². The van der Waals surface area contributed by atoms with Crippen LogP contribution in [0.15, 0.2) is 30.5 Å². The fourth-order valence-corrected chi connectivity index (χ4v) is 19.1. The first kappa shape index (κ1) is 56.7. The second kappa shape index (κ2) is 20.4. The van der Waals surface area contributed by atoms with Crippen molar-refractivity contribution >= 4 is 17.7 Å². The lowest BCUT2D eigenvalue weighted by Gasteiger charge is -2.75. The highest BCUT2D eigenvalue weighted by Crippen LogP contribution is 2.79. The van der Waals surface area contributed by atoms with Crippen molar-refractivity contribution in [3.8, 4) is 0 Å². The van der Waals surface area contributed by atoms with Gasteiger partial charge in [-0.3, -0.25) is 9.59 Å². The number of nitrogens with two attached hydrogens (primary N) is 1. The first-order chi connectivity index (χ1) is 36.5. The smallest absolute Gasteiger partial charge is 0.310 e. The number of aliphatic hydroxyl groups excluding tert-OH is 9. The van der Waals surface area contributed by atoms with E-state index >= 15 is 0 Å². The SMILES string of the molecule is C[C@]1(CO)CC[C@@]2(C(=O)O)[C@@H](C1)C1=CC[C@@H]3[C@]4(C)[C@H](CC[C@@]3(C)[C@]1(C)[C@H]1Cc3[nH]cnc3NC[C@@H]12)[C@](C)(CO)[C@H](O[C@@H]1OC[C@@H](O)[C@H](O)[C@H]1O)[C@H](O)[C@@H]4C[C@H]1[C@H]([C@H](CC[C@@H](N)O)c2cnc[nH]2)NC(=O)[C@]1(CO)CCCO. The summed E-state index contributed by atoms with van der Waals surface area (Å²) in [5.41, 5.74) is 1.93. The van der Waals surface area contributed by atoms with E-state index in [1.807, 2.05) is 6.92 Å². The molecule has 5 aliphatic carbocycles. The lowest BCUT2D eigenvalue weighted by Crippen LogP contribution is -2.74. The molecule has 0 bridgehead atoms. The summed E-state index contributed by atoms with van der Waals surface area (Å²) < 4.78 is 12.6. The summed E-state index contributed by atoms with van der Waals surface area (Å²) in [5, 5.41) is 121. The van der Waals surface area contributed by atoms with E-state index in [2.05, 4.69) is 64.3 Å². The number of H-pyrrole nitrogens is 2. The zero-order chi connectivity index (χ0) is 55.4. The number of amides is 1. The van der Waals surface area contributed by atoms with Crippen LogP contribution in [0.4, 0.5) is 5.82 Å². The highest BCUT2D eigenvalue weighted by molar-refractivity contribution is 5.86. The van der Waals surface area contributed by atoms with Gasteiger partial charge in [-0.05, 0) is 140 Å². The standard InChI is InChI=1S/C56H87N7O14/c1-50(23-65)14-15-56(49(74)75)33(19-50)29-8-9-39-52(3,54(29,5)30-18-35-46(62-27-61-35)59-20-34(30)56)13-11-38-51(2,24-66)45(77-47-44(72)43(71)37(68)22-76-47)42(70)32(53(38,39)4)17-31-41(63-48(73)55(31,25-67)12-6-16-64)28(7-10-40(57)69)36-21-58-26-60-36/h8,21,26-28,30-34,37-45,47,59,64-72H,6-7,9-20,22-25,57H2,1-5H3,(H,58,60)(H,61,62)(H,63,73)(H,74,75)/t28-,30+,31+,32+,33+,34+,37-,38-,39+,40+,41+,42-,43+,44-,45-,47+,50+,51+,52-,53+,54+,55+,56-/m1/s1. The van der Waals surface area contributed by atoms with Gasteiger partial charge in [0.25, 0.3) is 0 Å². The van der Waals surface area contributed by atoms with Crippen molar-refractivity contribution in [1.29, 1.82) is 0 Å². The van der Waals surface area contributed by atoms with E-state index in [0.717, 1.165) is 11.3 Å². The van der Waals surface area contributed by atoms with Gasteiger partial charge in [0.05, 0.1) is 61.2 Å². The maximum atomic E-state index is 14.9. The third kappa shape index (κ3) is 8.27. The number of carboxylic acids is 1. The van der Waals surface area contributed by atoms with E-state index in [1.165, 1.54) is 6.33 Å². The number of carboxylic acid groups (broad SMARTS) is 1. The molecule has 0 aromatic carbocycles. The first-order valence-electron chi connectivity index (χ1n) is 28.4. The minimum atomic E-state index is -1.72. The molecule has 10 rings (SSSR count). The number of aliphatic hydroxyl groups is 9. The van der Waals surface area contributed by atoms with Gasteiger partial charge in [-0.15, -0.1) is 0 Å². The predicted octanol–water partition coefficient (Wildman–Crippen LogP) is 1.50. The van der Waals surface area contributed by atoms with Crippen molar-refractivity contribution < 1.29 is 70.1 Å². The van der Waals surface area contributed by atoms with Gasteiger partial charge in [0.1, 0.15) is 30.4 Å². The number of nitrogens with one attached hydrogen (secondary N) is 4. The zero-order valence-electron chi connectivity index (χ0n) is 45.4. The number of aromatic nitrogens is 4. The topological polar surface area (TPSA) is 362 Å². The summed E-state index contributed by atoms with van der Waals surface area (Å²) in [6.45, 7) is 9.41. The molecule has 21 heteroatoms. The number of imidazole rings is 2. The fourth-order valence-electron chi connectivity index (χ4n) is 19.1. The highest BCUT2D eigenvalue weighted by Gasteiger charge is 2.77. The summed E-state index contributed by atoms with van der Waals surface area (Å²) >= 11 is 0. The van der Waals surface area contributed by atoms with E-state index in [9.17, 15) is 60.7 Å². The minimum absolute atomic E-state index is 0.0874. The molecule has 77 heavy (non-hydrogen) atoms. The first-order valence-corrected chi connectivity index (χ1v) is 28.4. The molecule has 3 aliphatic heterocycles. The molecule has 0 radical (unpaired) electrons. The molecule has 21 nitrogen and oxygen atoms in total. The van der Waals surface area contributed by atoms with Crippen LogP contribution in [0.25, 0.3) is 0 Å². The van der Waals surface area contributed by atoms with Crippen molar-refractivity contribution in [2.24, 2.45) is 85.1 Å². The van der Waals surface area contributed by atoms with E-state index in [0.29, 0.717) is 69.4 Å². The van der Waals surface area contributed by atoms with Gasteiger partial charge in [-0.2, -0.15) is 0 Å². The van der Waals surface area contributed by atoms with Crippen LogP contribution in [0, 0.1) is 79.3 Å². The Morgan fingerprint density at radius 2 is 1.69 bits per heavy atom. The second-order valence-corrected chi connectivity index (χ2v) is 26.4. The van der Waals surface area contributed by atoms with Gasteiger partial charge in [0.15, 0.2) is 6.29 Å². The molecule has 16 N–H and O–H groups in total. The van der Waals surface area contributed by atoms with Crippen LogP contribution >= 0.6 is 0 Å². The molecule has 23 atom stereocenters. The number of hydrogen-bond donors (Lipinski definition) is 15. The van der Waals surface area contributed by atoms with Crippen LogP contribution < -0.4 is 16.4 Å². The number of allylic oxidation sites excluding steroid dienone is 2. The normalized spacial score (nSPS) is 47.1. The fraction of sp³-hybridized carbons (Fsp3) is 0.821. The number of carbonyl (C=O) groups is 2. The molecule has 8 aliphatic rings. The van der Waals surface area contributed by atoms with Gasteiger partial charge in [0, 0.05) is 49.0 Å². The Bertz CT molecular complexity index is 2500. The Labute approximate surface area is 450 Å². The second-order valence-electron chi connectivity index (χ2n) is 26.4. The lowest BCUT2D eigenvalue weighted by molar-refractivity contribution is -0.341. The van der Waals surface area contributed by atoms with Gasteiger partial charge in [-0.1, -0.05) is 46.3 Å². The van der Waals surface area contributed by atoms with Crippen LogP contribution in [0.1, 0.15) is 123 Å². The predicted molar refractivity (Wildman–Crippen MR) is 278 cm³/mol. The molecular weight excluding hydrogens is 995 g/mol. The molecule has 2 aromatic heterocycles. The molecule has 5 heterocycles. The molecule has 6 fully saturated rings. The Morgan fingerprint density at radius 1 is 0.922 bits per heavy atom. The quantitative estimate of drug-likeness (QED) is 0.0643. The van der Waals surface area contributed by atoms with E-state index in [4.69, 9.17) is 15.2 Å². The van der Waals surface area contributed by atoms with Crippen LogP contribution in [0.2, 0.25) is 0 Å². The average Bonchev–Trinajstić information content (AvgIpc) is 4.27. The molecule has 0 unspecified atom stereocenters. The molecule has 430 valence electrons. The summed E-state index contributed by atoms with van der Waals surface area (Å²) in [5.74, 6) is -4.40. The Kier molecular flexibility index (Phi) is 15.1. The van der Waals surface area contributed by atoms with Gasteiger partial charge >= 0.3 is 5.97 Å². The number of hydrogen-bond acceptors (Lipinski definition) is 17. The van der Waals surface area contributed by atoms with Crippen LogP contribution in [0.5, 0.6) is 0 Å². The molecule has 0 spiro atoms. The summed E-state index contributed by atoms with van der Waals surface area (Å²) in [4.78, 5) is 45.0. The van der Waals surface area contributed by atoms with E-state index in [1.54, 1.807) is 12.5 Å². The highest BCUT2D eigenvalue weighted by atomic mass is 16.7. The molecule has 2 saturated heterocycles. The van der Waals surface area contributed by atoms with Crippen molar-refractivity contribution in [2.45, 2.75) is 167 Å².